The summed E-state index contributed by atoms with van der Waals surface area (Å²) >= 11 is 0. The molecule has 110 valence electrons. The molecule has 1 unspecified atom stereocenters. The van der Waals surface area contributed by atoms with Crippen molar-refractivity contribution in [2.75, 3.05) is 13.1 Å². The molecule has 0 aliphatic heterocycles. The van der Waals surface area contributed by atoms with E-state index in [1.807, 2.05) is 19.1 Å². The van der Waals surface area contributed by atoms with Gasteiger partial charge in [-0.25, -0.2) is 9.59 Å². The van der Waals surface area contributed by atoms with Crippen molar-refractivity contribution in [3.63, 3.8) is 0 Å². The van der Waals surface area contributed by atoms with E-state index in [9.17, 15) is 9.59 Å². The molecule has 2 amide bonds. The summed E-state index contributed by atoms with van der Waals surface area (Å²) in [5.74, 6) is -1.29. The Labute approximate surface area is 117 Å². The van der Waals surface area contributed by atoms with Crippen molar-refractivity contribution in [1.82, 2.24) is 15.2 Å². The molecule has 7 heteroatoms. The molecule has 0 bridgehead atoms. The van der Waals surface area contributed by atoms with Crippen molar-refractivity contribution in [2.45, 2.75) is 26.0 Å². The molecular formula is C13H19N3O4. The molecule has 1 atom stereocenters. The van der Waals surface area contributed by atoms with E-state index in [2.05, 4.69) is 10.3 Å². The number of hydrogen-bond donors (Lipinski definition) is 3. The number of aliphatic hydroxyl groups is 1. The first-order valence-electron chi connectivity index (χ1n) is 6.37. The second-order valence-corrected chi connectivity index (χ2v) is 4.24. The number of nitrogens with zero attached hydrogens (tertiary/aromatic N) is 2. The Bertz CT molecular complexity index is 439. The van der Waals surface area contributed by atoms with Gasteiger partial charge in [0, 0.05) is 38.4 Å². The Hall–Kier alpha value is -2.15. The van der Waals surface area contributed by atoms with E-state index in [4.69, 9.17) is 10.2 Å². The van der Waals surface area contributed by atoms with E-state index < -0.39 is 12.1 Å². The summed E-state index contributed by atoms with van der Waals surface area (Å²) in [6.07, 6.45) is 1.84. The number of aliphatic carboxylic acids is 1. The quantitative estimate of drug-likeness (QED) is 0.673. The highest BCUT2D eigenvalue weighted by Gasteiger charge is 2.15. The zero-order valence-corrected chi connectivity index (χ0v) is 11.3. The summed E-state index contributed by atoms with van der Waals surface area (Å²) in [4.78, 5) is 27.8. The van der Waals surface area contributed by atoms with Gasteiger partial charge < -0.3 is 20.4 Å². The van der Waals surface area contributed by atoms with Crippen molar-refractivity contribution in [3.8, 4) is 0 Å². The molecule has 0 fully saturated rings. The second kappa shape index (κ2) is 8.11. The normalized spacial score (nSPS) is 11.7. The van der Waals surface area contributed by atoms with Crippen LogP contribution < -0.4 is 5.32 Å². The molecule has 1 rings (SSSR count). The molecule has 1 aromatic heterocycles. The fraction of sp³-hybridized carbons (Fsp3) is 0.462. The highest BCUT2D eigenvalue weighted by molar-refractivity contribution is 5.74. The van der Waals surface area contributed by atoms with Crippen LogP contribution in [-0.2, 0) is 11.3 Å². The lowest BCUT2D eigenvalue weighted by molar-refractivity contribution is -0.146. The molecule has 0 radical (unpaired) electrons. The van der Waals surface area contributed by atoms with Gasteiger partial charge in [-0.2, -0.15) is 0 Å². The van der Waals surface area contributed by atoms with Crippen LogP contribution in [0.25, 0.3) is 0 Å². The van der Waals surface area contributed by atoms with E-state index in [-0.39, 0.29) is 19.0 Å². The number of rotatable bonds is 7. The zero-order chi connectivity index (χ0) is 15.0. The minimum absolute atomic E-state index is 0.0200. The number of hydrogen-bond acceptors (Lipinski definition) is 4. The number of pyridine rings is 1. The van der Waals surface area contributed by atoms with Gasteiger partial charge in [0.1, 0.15) is 0 Å². The summed E-state index contributed by atoms with van der Waals surface area (Å²) in [6, 6.07) is 3.36. The highest BCUT2D eigenvalue weighted by atomic mass is 16.4. The smallest absolute Gasteiger partial charge is 0.332 e. The predicted molar refractivity (Wildman–Crippen MR) is 72.0 cm³/mol. The summed E-state index contributed by atoms with van der Waals surface area (Å²) in [5, 5.41) is 20.2. The van der Waals surface area contributed by atoms with Gasteiger partial charge in [0.05, 0.1) is 0 Å². The zero-order valence-electron chi connectivity index (χ0n) is 11.3. The topological polar surface area (TPSA) is 103 Å². The van der Waals surface area contributed by atoms with Crippen LogP contribution in [0.4, 0.5) is 4.79 Å². The van der Waals surface area contributed by atoms with Crippen molar-refractivity contribution in [2.24, 2.45) is 0 Å². The molecule has 0 saturated heterocycles. The van der Waals surface area contributed by atoms with Crippen LogP contribution in [0.3, 0.4) is 0 Å². The maximum Gasteiger partial charge on any atom is 0.332 e. The standard InChI is InChI=1S/C13H19N3O4/c1-2-16(9-10-3-6-14-7-4-10)13(20)15-8-5-11(17)12(18)19/h3-4,6-7,11,17H,2,5,8-9H2,1H3,(H,15,20)(H,18,19). The van der Waals surface area contributed by atoms with Gasteiger partial charge in [0.2, 0.25) is 0 Å². The van der Waals surface area contributed by atoms with Gasteiger partial charge in [-0.1, -0.05) is 0 Å². The summed E-state index contributed by atoms with van der Waals surface area (Å²) in [7, 11) is 0. The van der Waals surface area contributed by atoms with E-state index in [1.54, 1.807) is 17.3 Å². The number of carboxylic acids is 1. The van der Waals surface area contributed by atoms with Gasteiger partial charge in [0.25, 0.3) is 0 Å². The average Bonchev–Trinajstić information content (AvgIpc) is 2.45. The average molecular weight is 281 g/mol. The number of amides is 2. The lowest BCUT2D eigenvalue weighted by Crippen LogP contribution is -2.40. The van der Waals surface area contributed by atoms with E-state index >= 15 is 0 Å². The van der Waals surface area contributed by atoms with E-state index in [0.717, 1.165) is 5.56 Å². The molecule has 3 N–H and O–H groups in total. The van der Waals surface area contributed by atoms with E-state index in [0.29, 0.717) is 13.1 Å². The third-order valence-corrected chi connectivity index (χ3v) is 2.77. The maximum absolute atomic E-state index is 11.9. The molecule has 7 nitrogen and oxygen atoms in total. The third kappa shape index (κ3) is 5.23. The lowest BCUT2D eigenvalue weighted by atomic mass is 10.2. The molecule has 0 aromatic carbocycles. The first kappa shape index (κ1) is 15.9. The van der Waals surface area contributed by atoms with Crippen molar-refractivity contribution in [1.29, 1.82) is 0 Å². The van der Waals surface area contributed by atoms with Crippen LogP contribution in [0.15, 0.2) is 24.5 Å². The number of carbonyl (C=O) groups excluding carboxylic acids is 1. The fourth-order valence-electron chi connectivity index (χ4n) is 1.59. The second-order valence-electron chi connectivity index (χ2n) is 4.24. The lowest BCUT2D eigenvalue weighted by Gasteiger charge is -2.21. The van der Waals surface area contributed by atoms with Crippen molar-refractivity contribution >= 4 is 12.0 Å². The summed E-state index contributed by atoms with van der Waals surface area (Å²) < 4.78 is 0. The number of carboxylic acid groups (broad SMARTS) is 1. The summed E-state index contributed by atoms with van der Waals surface area (Å²) in [5.41, 5.74) is 0.961. The molecule has 0 saturated carbocycles. The predicted octanol–water partition coefficient (Wildman–Crippen LogP) is 0.449. The van der Waals surface area contributed by atoms with Crippen LogP contribution in [0.1, 0.15) is 18.9 Å². The van der Waals surface area contributed by atoms with Crippen molar-refractivity contribution in [3.05, 3.63) is 30.1 Å². The number of nitrogens with one attached hydrogen (secondary N) is 1. The minimum atomic E-state index is -1.45. The van der Waals surface area contributed by atoms with E-state index in [1.165, 1.54) is 0 Å². The van der Waals surface area contributed by atoms with Crippen LogP contribution in [0.5, 0.6) is 0 Å². The van der Waals surface area contributed by atoms with Gasteiger partial charge in [0.15, 0.2) is 6.10 Å². The molecule has 1 aromatic rings. The Balaban J connectivity index is 2.41. The first-order chi connectivity index (χ1) is 9.54. The van der Waals surface area contributed by atoms with Crippen LogP contribution in [-0.4, -0.2) is 51.3 Å². The van der Waals surface area contributed by atoms with Gasteiger partial charge in [-0.15, -0.1) is 0 Å². The van der Waals surface area contributed by atoms with Crippen LogP contribution >= 0.6 is 0 Å². The highest BCUT2D eigenvalue weighted by Crippen LogP contribution is 2.03. The SMILES string of the molecule is CCN(Cc1ccncc1)C(=O)NCCC(O)C(=O)O. The number of aromatic nitrogens is 1. The Kier molecular flexibility index (Phi) is 6.45. The Morgan fingerprint density at radius 3 is 2.60 bits per heavy atom. The molecule has 0 spiro atoms. The van der Waals surface area contributed by atoms with Gasteiger partial charge in [-0.3, -0.25) is 4.98 Å². The molecular weight excluding hydrogens is 262 g/mol. The van der Waals surface area contributed by atoms with Gasteiger partial charge >= 0.3 is 12.0 Å². The Morgan fingerprint density at radius 2 is 2.05 bits per heavy atom. The fourth-order valence-corrected chi connectivity index (χ4v) is 1.59. The molecule has 0 aliphatic carbocycles. The minimum Gasteiger partial charge on any atom is -0.479 e. The van der Waals surface area contributed by atoms with Gasteiger partial charge in [-0.05, 0) is 24.6 Å². The number of carbonyl (C=O) groups is 2. The number of urea groups is 1. The van der Waals surface area contributed by atoms with Crippen LogP contribution in [0.2, 0.25) is 0 Å². The first-order valence-corrected chi connectivity index (χ1v) is 6.37. The maximum atomic E-state index is 11.9. The monoisotopic (exact) mass is 281 g/mol. The van der Waals surface area contributed by atoms with Crippen LogP contribution in [0, 0.1) is 0 Å². The molecule has 20 heavy (non-hydrogen) atoms. The number of aliphatic hydroxyl groups excluding tert-OH is 1. The third-order valence-electron chi connectivity index (χ3n) is 2.77. The van der Waals surface area contributed by atoms with Crippen molar-refractivity contribution < 1.29 is 19.8 Å². The Morgan fingerprint density at radius 1 is 1.40 bits per heavy atom. The molecule has 1 heterocycles. The summed E-state index contributed by atoms with van der Waals surface area (Å²) in [6.45, 7) is 2.94. The molecule has 0 aliphatic rings. The largest absolute Gasteiger partial charge is 0.479 e.